The molecule has 0 aromatic heterocycles. The zero-order valence-electron chi connectivity index (χ0n) is 16.4. The van der Waals surface area contributed by atoms with Gasteiger partial charge in [0.15, 0.2) is 11.5 Å². The third kappa shape index (κ3) is 4.35. The van der Waals surface area contributed by atoms with Gasteiger partial charge in [0.25, 0.3) is 5.91 Å². The van der Waals surface area contributed by atoms with Gasteiger partial charge in [-0.05, 0) is 49.6 Å². The van der Waals surface area contributed by atoms with Gasteiger partial charge in [-0.1, -0.05) is 18.2 Å². The van der Waals surface area contributed by atoms with E-state index in [0.29, 0.717) is 30.2 Å². The van der Waals surface area contributed by atoms with Gasteiger partial charge in [0, 0.05) is 37.9 Å². The second kappa shape index (κ2) is 8.80. The van der Waals surface area contributed by atoms with Crippen LogP contribution in [0.3, 0.4) is 0 Å². The van der Waals surface area contributed by atoms with E-state index in [-0.39, 0.29) is 5.91 Å². The lowest BCUT2D eigenvalue weighted by Gasteiger charge is -2.24. The van der Waals surface area contributed by atoms with Gasteiger partial charge in [0.1, 0.15) is 0 Å². The minimum Gasteiger partial charge on any atom is -0.493 e. The van der Waals surface area contributed by atoms with Crippen molar-refractivity contribution in [1.82, 2.24) is 4.90 Å². The summed E-state index contributed by atoms with van der Waals surface area (Å²) in [5, 5.41) is 0. The van der Waals surface area contributed by atoms with Crippen molar-refractivity contribution in [1.29, 1.82) is 0 Å². The van der Waals surface area contributed by atoms with Gasteiger partial charge < -0.3 is 19.3 Å². The highest BCUT2D eigenvalue weighted by molar-refractivity contribution is 5.94. The normalized spacial score (nSPS) is 13.5. The maximum Gasteiger partial charge on any atom is 0.254 e. The molecule has 0 saturated carbocycles. The Bertz CT molecular complexity index is 785. The Balaban J connectivity index is 1.78. The molecular formula is C22H28N2O3. The number of methoxy groups -OCH3 is 1. The monoisotopic (exact) mass is 368 g/mol. The maximum absolute atomic E-state index is 13.0. The number of amides is 1. The molecule has 0 aliphatic carbocycles. The molecule has 0 bridgehead atoms. The van der Waals surface area contributed by atoms with Crippen molar-refractivity contribution in [3.8, 4) is 11.5 Å². The van der Waals surface area contributed by atoms with Crippen LogP contribution in [-0.4, -0.2) is 44.7 Å². The largest absolute Gasteiger partial charge is 0.493 e. The lowest BCUT2D eigenvalue weighted by molar-refractivity contribution is 0.0784. The van der Waals surface area contributed by atoms with E-state index in [4.69, 9.17) is 9.47 Å². The first-order valence-electron chi connectivity index (χ1n) is 9.53. The fourth-order valence-electron chi connectivity index (χ4n) is 3.54. The van der Waals surface area contributed by atoms with Gasteiger partial charge in [0.05, 0.1) is 13.7 Å². The van der Waals surface area contributed by atoms with E-state index in [1.807, 2.05) is 20.0 Å². The number of rotatable bonds is 7. The van der Waals surface area contributed by atoms with Crippen LogP contribution in [0.4, 0.5) is 5.69 Å². The summed E-state index contributed by atoms with van der Waals surface area (Å²) < 4.78 is 10.9. The van der Waals surface area contributed by atoms with E-state index in [1.165, 1.54) is 24.1 Å². The SMILES string of the molecule is CCOc1cc(C(=O)N(C)Cc2ccccc2N2CCCC2)ccc1OC. The lowest BCUT2D eigenvalue weighted by atomic mass is 10.1. The fraction of sp³-hybridized carbons (Fsp3) is 0.409. The van der Waals surface area contributed by atoms with Crippen LogP contribution in [0.2, 0.25) is 0 Å². The maximum atomic E-state index is 13.0. The molecule has 1 heterocycles. The van der Waals surface area contributed by atoms with Crippen LogP contribution in [0.15, 0.2) is 42.5 Å². The van der Waals surface area contributed by atoms with E-state index < -0.39 is 0 Å². The van der Waals surface area contributed by atoms with Crippen molar-refractivity contribution in [3.05, 3.63) is 53.6 Å². The Kier molecular flexibility index (Phi) is 6.22. The standard InChI is InChI=1S/C22H28N2O3/c1-4-27-21-15-17(11-12-20(21)26-3)22(25)23(2)16-18-9-5-6-10-19(18)24-13-7-8-14-24/h5-6,9-12,15H,4,7-8,13-14,16H2,1-3H3. The second-order valence-corrected chi connectivity index (χ2v) is 6.78. The molecule has 0 spiro atoms. The Hall–Kier alpha value is -2.69. The molecule has 3 rings (SSSR count). The molecule has 1 amide bonds. The van der Waals surface area contributed by atoms with Gasteiger partial charge in [-0.25, -0.2) is 0 Å². The van der Waals surface area contributed by atoms with Crippen LogP contribution >= 0.6 is 0 Å². The van der Waals surface area contributed by atoms with E-state index in [0.717, 1.165) is 13.1 Å². The molecule has 5 nitrogen and oxygen atoms in total. The molecular weight excluding hydrogens is 340 g/mol. The van der Waals surface area contributed by atoms with Crippen LogP contribution in [0.5, 0.6) is 11.5 Å². The molecule has 1 fully saturated rings. The number of carbonyl (C=O) groups is 1. The zero-order valence-corrected chi connectivity index (χ0v) is 16.4. The van der Waals surface area contributed by atoms with Crippen LogP contribution in [-0.2, 0) is 6.54 Å². The summed E-state index contributed by atoms with van der Waals surface area (Å²) in [6.07, 6.45) is 2.46. The first kappa shape index (κ1) is 19.1. The van der Waals surface area contributed by atoms with Crippen LogP contribution < -0.4 is 14.4 Å². The molecule has 2 aromatic rings. The lowest BCUT2D eigenvalue weighted by Crippen LogP contribution is -2.28. The van der Waals surface area contributed by atoms with Crippen molar-refractivity contribution in [2.45, 2.75) is 26.3 Å². The number of carbonyl (C=O) groups excluding carboxylic acids is 1. The summed E-state index contributed by atoms with van der Waals surface area (Å²) in [5.41, 5.74) is 3.01. The van der Waals surface area contributed by atoms with Gasteiger partial charge >= 0.3 is 0 Å². The summed E-state index contributed by atoms with van der Waals surface area (Å²) in [6.45, 7) is 5.18. The van der Waals surface area contributed by atoms with E-state index in [9.17, 15) is 4.79 Å². The average Bonchev–Trinajstić information content (AvgIpc) is 3.22. The van der Waals surface area contributed by atoms with E-state index in [2.05, 4.69) is 23.1 Å². The summed E-state index contributed by atoms with van der Waals surface area (Å²) in [5.74, 6) is 1.20. The van der Waals surface area contributed by atoms with Crippen molar-refractivity contribution in [2.75, 3.05) is 38.8 Å². The van der Waals surface area contributed by atoms with Crippen molar-refractivity contribution >= 4 is 11.6 Å². The van der Waals surface area contributed by atoms with Gasteiger partial charge in [-0.2, -0.15) is 0 Å². The molecule has 0 atom stereocenters. The molecule has 0 N–H and O–H groups in total. The molecule has 1 aliphatic rings. The summed E-state index contributed by atoms with van der Waals surface area (Å²) >= 11 is 0. The summed E-state index contributed by atoms with van der Waals surface area (Å²) in [7, 11) is 3.44. The first-order chi connectivity index (χ1) is 13.1. The summed E-state index contributed by atoms with van der Waals surface area (Å²) in [4.78, 5) is 17.1. The first-order valence-corrected chi connectivity index (χ1v) is 9.53. The predicted octanol–water partition coefficient (Wildman–Crippen LogP) is 3.97. The van der Waals surface area contributed by atoms with Gasteiger partial charge in [-0.3, -0.25) is 4.79 Å². The number of ether oxygens (including phenoxy) is 2. The molecule has 5 heteroatoms. The van der Waals surface area contributed by atoms with Crippen LogP contribution in [0.25, 0.3) is 0 Å². The van der Waals surface area contributed by atoms with Gasteiger partial charge in [0.2, 0.25) is 0 Å². The third-order valence-corrected chi connectivity index (χ3v) is 4.90. The van der Waals surface area contributed by atoms with Crippen molar-refractivity contribution in [3.63, 3.8) is 0 Å². The average molecular weight is 368 g/mol. The minimum atomic E-state index is -0.0326. The van der Waals surface area contributed by atoms with Crippen molar-refractivity contribution < 1.29 is 14.3 Å². The zero-order chi connectivity index (χ0) is 19.2. The van der Waals surface area contributed by atoms with Crippen LogP contribution in [0, 0.1) is 0 Å². The number of hydrogen-bond donors (Lipinski definition) is 0. The molecule has 144 valence electrons. The topological polar surface area (TPSA) is 42.0 Å². The third-order valence-electron chi connectivity index (χ3n) is 4.90. The smallest absolute Gasteiger partial charge is 0.254 e. The molecule has 2 aromatic carbocycles. The summed E-state index contributed by atoms with van der Waals surface area (Å²) in [6, 6.07) is 13.7. The molecule has 1 aliphatic heterocycles. The highest BCUT2D eigenvalue weighted by Crippen LogP contribution is 2.29. The second-order valence-electron chi connectivity index (χ2n) is 6.78. The minimum absolute atomic E-state index is 0.0326. The molecule has 27 heavy (non-hydrogen) atoms. The van der Waals surface area contributed by atoms with E-state index >= 15 is 0 Å². The predicted molar refractivity (Wildman–Crippen MR) is 108 cm³/mol. The molecule has 0 radical (unpaired) electrons. The Morgan fingerprint density at radius 2 is 1.85 bits per heavy atom. The Morgan fingerprint density at radius 1 is 1.11 bits per heavy atom. The fourth-order valence-corrected chi connectivity index (χ4v) is 3.54. The number of benzene rings is 2. The number of anilines is 1. The number of hydrogen-bond acceptors (Lipinski definition) is 4. The highest BCUT2D eigenvalue weighted by atomic mass is 16.5. The highest BCUT2D eigenvalue weighted by Gasteiger charge is 2.19. The molecule has 1 saturated heterocycles. The van der Waals surface area contributed by atoms with Gasteiger partial charge in [-0.15, -0.1) is 0 Å². The number of nitrogens with zero attached hydrogens (tertiary/aromatic N) is 2. The van der Waals surface area contributed by atoms with Crippen LogP contribution in [0.1, 0.15) is 35.7 Å². The molecule has 0 unspecified atom stereocenters. The Labute approximate surface area is 161 Å². The Morgan fingerprint density at radius 3 is 2.56 bits per heavy atom. The number of para-hydroxylation sites is 1. The quantitative estimate of drug-likeness (QED) is 0.742. The van der Waals surface area contributed by atoms with Crippen molar-refractivity contribution in [2.24, 2.45) is 0 Å². The van der Waals surface area contributed by atoms with E-state index in [1.54, 1.807) is 30.2 Å².